The topological polar surface area (TPSA) is 63.4 Å². The van der Waals surface area contributed by atoms with Gasteiger partial charge in [0.1, 0.15) is 10.7 Å². The molecule has 1 fully saturated rings. The SMILES string of the molecule is CC(C)c1nc2sc3c(c2c2nnc(SCC(=O)N4CCC[C@@H](C)C4)n12)CC[C@H](C)C3. The number of rotatable bonds is 4. The van der Waals surface area contributed by atoms with Gasteiger partial charge >= 0.3 is 0 Å². The molecule has 3 aromatic heterocycles. The Morgan fingerprint density at radius 2 is 2.06 bits per heavy atom. The standard InChI is InChI=1S/C23H31N5OS2/c1-13(2)20-24-22-19(16-8-7-14(3)10-17(16)31-22)21-25-26-23(28(20)21)30-12-18(29)27-9-5-6-15(4)11-27/h13-15H,5-12H2,1-4H3/t14-,15+/m0/s1. The number of piperidine rings is 1. The lowest BCUT2D eigenvalue weighted by Crippen LogP contribution is -2.40. The van der Waals surface area contributed by atoms with Gasteiger partial charge < -0.3 is 4.90 Å². The van der Waals surface area contributed by atoms with E-state index in [9.17, 15) is 4.79 Å². The molecule has 0 radical (unpaired) electrons. The summed E-state index contributed by atoms with van der Waals surface area (Å²) < 4.78 is 2.12. The highest BCUT2D eigenvalue weighted by Gasteiger charge is 2.27. The van der Waals surface area contributed by atoms with Gasteiger partial charge in [0, 0.05) is 23.9 Å². The molecule has 8 heteroatoms. The summed E-state index contributed by atoms with van der Waals surface area (Å²) in [5, 5.41) is 11.1. The molecule has 1 amide bonds. The minimum atomic E-state index is 0.204. The van der Waals surface area contributed by atoms with E-state index in [4.69, 9.17) is 4.98 Å². The van der Waals surface area contributed by atoms with Crippen molar-refractivity contribution in [1.82, 2.24) is 24.5 Å². The van der Waals surface area contributed by atoms with E-state index in [0.29, 0.717) is 11.7 Å². The van der Waals surface area contributed by atoms with Crippen LogP contribution in [0.2, 0.25) is 0 Å². The van der Waals surface area contributed by atoms with Crippen LogP contribution < -0.4 is 0 Å². The van der Waals surface area contributed by atoms with Crippen LogP contribution in [0.4, 0.5) is 0 Å². The molecule has 3 aromatic rings. The first kappa shape index (κ1) is 21.2. The van der Waals surface area contributed by atoms with Crippen LogP contribution in [0.15, 0.2) is 5.16 Å². The molecule has 2 atom stereocenters. The average Bonchev–Trinajstić information content (AvgIpc) is 3.31. The fraction of sp³-hybridized carbons (Fsp3) is 0.652. The molecule has 1 aliphatic heterocycles. The number of fused-ring (bicyclic) bond motifs is 5. The van der Waals surface area contributed by atoms with Crippen molar-refractivity contribution in [2.24, 2.45) is 11.8 Å². The van der Waals surface area contributed by atoms with E-state index in [-0.39, 0.29) is 11.8 Å². The zero-order valence-electron chi connectivity index (χ0n) is 18.8. The second-order valence-corrected chi connectivity index (χ2v) is 11.7. The molecule has 1 saturated heterocycles. The summed E-state index contributed by atoms with van der Waals surface area (Å²) >= 11 is 3.34. The van der Waals surface area contributed by atoms with Crippen molar-refractivity contribution < 1.29 is 4.79 Å². The van der Waals surface area contributed by atoms with Crippen molar-refractivity contribution in [3.05, 3.63) is 16.3 Å². The summed E-state index contributed by atoms with van der Waals surface area (Å²) in [5.41, 5.74) is 2.34. The molecule has 31 heavy (non-hydrogen) atoms. The van der Waals surface area contributed by atoms with Crippen LogP contribution >= 0.6 is 23.1 Å². The second kappa shape index (κ2) is 8.35. The first-order valence-corrected chi connectivity index (χ1v) is 13.3. The Balaban J connectivity index is 1.51. The van der Waals surface area contributed by atoms with Gasteiger partial charge in [0.05, 0.1) is 11.1 Å². The van der Waals surface area contributed by atoms with Crippen LogP contribution in [0, 0.1) is 11.8 Å². The maximum absolute atomic E-state index is 12.8. The predicted molar refractivity (Wildman–Crippen MR) is 127 cm³/mol. The van der Waals surface area contributed by atoms with Gasteiger partial charge in [0.25, 0.3) is 0 Å². The maximum atomic E-state index is 12.8. The second-order valence-electron chi connectivity index (χ2n) is 9.67. The number of likely N-dealkylation sites (tertiary alicyclic amines) is 1. The number of carbonyl (C=O) groups is 1. The fourth-order valence-corrected chi connectivity index (χ4v) is 7.18. The first-order chi connectivity index (χ1) is 14.9. The third-order valence-corrected chi connectivity index (χ3v) is 8.71. The van der Waals surface area contributed by atoms with E-state index in [2.05, 4.69) is 42.3 Å². The molecule has 0 bridgehead atoms. The zero-order chi connectivity index (χ0) is 21.7. The Labute approximate surface area is 191 Å². The Morgan fingerprint density at radius 1 is 1.23 bits per heavy atom. The number of carbonyl (C=O) groups excluding carboxylic acids is 1. The molecule has 166 valence electrons. The predicted octanol–water partition coefficient (Wildman–Crippen LogP) is 4.94. The summed E-state index contributed by atoms with van der Waals surface area (Å²) in [6, 6.07) is 0. The van der Waals surface area contributed by atoms with Gasteiger partial charge in [-0.3, -0.25) is 9.20 Å². The van der Waals surface area contributed by atoms with Crippen LogP contribution in [0.5, 0.6) is 0 Å². The summed E-state index contributed by atoms with van der Waals surface area (Å²) in [6.45, 7) is 10.6. The van der Waals surface area contributed by atoms with Gasteiger partial charge in [-0.15, -0.1) is 21.5 Å². The van der Waals surface area contributed by atoms with Crippen molar-refractivity contribution in [1.29, 1.82) is 0 Å². The van der Waals surface area contributed by atoms with Crippen molar-refractivity contribution in [3.63, 3.8) is 0 Å². The van der Waals surface area contributed by atoms with E-state index in [1.807, 2.05) is 16.2 Å². The van der Waals surface area contributed by atoms with Crippen molar-refractivity contribution in [2.75, 3.05) is 18.8 Å². The number of thiophene rings is 1. The highest BCUT2D eigenvalue weighted by atomic mass is 32.2. The Morgan fingerprint density at radius 3 is 2.84 bits per heavy atom. The normalized spacial score (nSPS) is 21.9. The number of hydrogen-bond donors (Lipinski definition) is 0. The van der Waals surface area contributed by atoms with E-state index in [0.717, 1.165) is 59.7 Å². The van der Waals surface area contributed by atoms with Gasteiger partial charge in [-0.25, -0.2) is 4.98 Å². The highest BCUT2D eigenvalue weighted by molar-refractivity contribution is 7.99. The summed E-state index contributed by atoms with van der Waals surface area (Å²) in [5.74, 6) is 3.17. The van der Waals surface area contributed by atoms with Crippen molar-refractivity contribution in [3.8, 4) is 0 Å². The lowest BCUT2D eigenvalue weighted by atomic mass is 9.89. The maximum Gasteiger partial charge on any atom is 0.233 e. The number of nitrogens with zero attached hydrogens (tertiary/aromatic N) is 5. The molecule has 2 aliphatic rings. The minimum absolute atomic E-state index is 0.204. The first-order valence-electron chi connectivity index (χ1n) is 11.5. The molecule has 0 saturated carbocycles. The summed E-state index contributed by atoms with van der Waals surface area (Å²) in [6.07, 6.45) is 5.77. The molecule has 1 aliphatic carbocycles. The molecular weight excluding hydrogens is 426 g/mol. The van der Waals surface area contributed by atoms with E-state index in [1.54, 1.807) is 0 Å². The molecule has 0 N–H and O–H groups in total. The average molecular weight is 458 g/mol. The number of thioether (sulfide) groups is 1. The molecular formula is C23H31N5OS2. The van der Waals surface area contributed by atoms with Gasteiger partial charge in [-0.2, -0.15) is 0 Å². The van der Waals surface area contributed by atoms with Crippen LogP contribution in [-0.2, 0) is 17.6 Å². The van der Waals surface area contributed by atoms with Crippen LogP contribution in [-0.4, -0.2) is 49.2 Å². The quantitative estimate of drug-likeness (QED) is 0.519. The zero-order valence-corrected chi connectivity index (χ0v) is 20.5. The largest absolute Gasteiger partial charge is 0.342 e. The van der Waals surface area contributed by atoms with Gasteiger partial charge in [-0.05, 0) is 49.5 Å². The smallest absolute Gasteiger partial charge is 0.233 e. The van der Waals surface area contributed by atoms with Crippen molar-refractivity contribution >= 4 is 44.9 Å². The number of aryl methyl sites for hydroxylation is 1. The highest BCUT2D eigenvalue weighted by Crippen LogP contribution is 2.40. The molecule has 0 spiro atoms. The number of hydrogen-bond acceptors (Lipinski definition) is 6. The van der Waals surface area contributed by atoms with Crippen molar-refractivity contribution in [2.45, 2.75) is 70.9 Å². The summed E-state index contributed by atoms with van der Waals surface area (Å²) in [7, 11) is 0. The number of aromatic nitrogens is 4. The number of amides is 1. The van der Waals surface area contributed by atoms with Crippen LogP contribution in [0.3, 0.4) is 0 Å². The van der Waals surface area contributed by atoms with E-state index < -0.39 is 0 Å². The molecule has 5 rings (SSSR count). The van der Waals surface area contributed by atoms with E-state index >= 15 is 0 Å². The molecule has 0 aromatic carbocycles. The molecule has 0 unspecified atom stereocenters. The van der Waals surface area contributed by atoms with Crippen LogP contribution in [0.25, 0.3) is 15.9 Å². The van der Waals surface area contributed by atoms with E-state index in [1.165, 1.54) is 40.4 Å². The minimum Gasteiger partial charge on any atom is -0.342 e. The van der Waals surface area contributed by atoms with Gasteiger partial charge in [0.15, 0.2) is 10.8 Å². The summed E-state index contributed by atoms with van der Waals surface area (Å²) in [4.78, 5) is 22.5. The molecule has 6 nitrogen and oxygen atoms in total. The fourth-order valence-electron chi connectivity index (χ4n) is 4.95. The third kappa shape index (κ3) is 3.86. The Hall–Kier alpha value is -1.67. The lowest BCUT2D eigenvalue weighted by molar-refractivity contribution is -0.130. The van der Waals surface area contributed by atoms with Gasteiger partial charge in [0.2, 0.25) is 5.91 Å². The Kier molecular flexibility index (Phi) is 5.71. The monoisotopic (exact) mass is 457 g/mol. The Bertz CT molecular complexity index is 1130. The van der Waals surface area contributed by atoms with Gasteiger partial charge in [-0.1, -0.05) is 39.5 Å². The molecule has 4 heterocycles. The third-order valence-electron chi connectivity index (χ3n) is 6.65. The lowest BCUT2D eigenvalue weighted by Gasteiger charge is -2.30. The van der Waals surface area contributed by atoms with Crippen LogP contribution in [0.1, 0.15) is 69.1 Å².